The minimum absolute atomic E-state index is 0.545. The molecule has 0 unspecified atom stereocenters. The first-order valence-electron chi connectivity index (χ1n) is 7.19. The zero-order valence-electron chi connectivity index (χ0n) is 11.7. The van der Waals surface area contributed by atoms with E-state index in [0.717, 1.165) is 22.0 Å². The maximum Gasteiger partial charge on any atom is 0.146 e. The minimum atomic E-state index is 0.545. The lowest BCUT2D eigenvalue weighted by Gasteiger charge is -2.29. The standard InChI is InChI=1S/C14H23BrN4/c1-3-4-10-5-7-11(8-6-10)19-14-12(15)13(16-2)17-9-18-14/h9-11H,3-8H2,1-2H3,(H2,16,17,18,19). The molecule has 0 radical (unpaired) electrons. The van der Waals surface area contributed by atoms with E-state index in [1.54, 1.807) is 6.33 Å². The molecule has 2 N–H and O–H groups in total. The SMILES string of the molecule is CCCC1CCC(Nc2ncnc(NC)c2Br)CC1. The Kier molecular flexibility index (Phi) is 5.43. The second kappa shape index (κ2) is 7.08. The fourth-order valence-corrected chi connectivity index (χ4v) is 3.36. The fraction of sp³-hybridized carbons (Fsp3) is 0.714. The van der Waals surface area contributed by atoms with Gasteiger partial charge >= 0.3 is 0 Å². The van der Waals surface area contributed by atoms with Crippen LogP contribution in [0.1, 0.15) is 45.4 Å². The van der Waals surface area contributed by atoms with Crippen LogP contribution in [0.5, 0.6) is 0 Å². The lowest BCUT2D eigenvalue weighted by molar-refractivity contribution is 0.318. The van der Waals surface area contributed by atoms with E-state index in [1.807, 2.05) is 7.05 Å². The monoisotopic (exact) mass is 326 g/mol. The number of anilines is 2. The smallest absolute Gasteiger partial charge is 0.146 e. The van der Waals surface area contributed by atoms with Gasteiger partial charge in [-0.2, -0.15) is 0 Å². The quantitative estimate of drug-likeness (QED) is 0.856. The van der Waals surface area contributed by atoms with Crippen molar-refractivity contribution in [3.05, 3.63) is 10.8 Å². The van der Waals surface area contributed by atoms with Gasteiger partial charge in [0, 0.05) is 13.1 Å². The van der Waals surface area contributed by atoms with Gasteiger partial charge in [-0.05, 0) is 47.5 Å². The van der Waals surface area contributed by atoms with Crippen LogP contribution in [0.15, 0.2) is 10.8 Å². The van der Waals surface area contributed by atoms with E-state index >= 15 is 0 Å². The van der Waals surface area contributed by atoms with Crippen molar-refractivity contribution in [2.24, 2.45) is 5.92 Å². The van der Waals surface area contributed by atoms with Gasteiger partial charge in [0.1, 0.15) is 22.4 Å². The Morgan fingerprint density at radius 3 is 2.53 bits per heavy atom. The van der Waals surface area contributed by atoms with Crippen LogP contribution in [0.25, 0.3) is 0 Å². The zero-order valence-corrected chi connectivity index (χ0v) is 13.3. The Labute approximate surface area is 123 Å². The van der Waals surface area contributed by atoms with E-state index in [0.29, 0.717) is 6.04 Å². The van der Waals surface area contributed by atoms with Gasteiger partial charge in [0.15, 0.2) is 0 Å². The van der Waals surface area contributed by atoms with E-state index in [1.165, 1.54) is 38.5 Å². The number of nitrogens with one attached hydrogen (secondary N) is 2. The van der Waals surface area contributed by atoms with Crippen LogP contribution in [-0.4, -0.2) is 23.1 Å². The molecular weight excluding hydrogens is 304 g/mol. The molecule has 19 heavy (non-hydrogen) atoms. The molecule has 1 aliphatic carbocycles. The maximum atomic E-state index is 4.33. The van der Waals surface area contributed by atoms with Gasteiger partial charge in [0.05, 0.1) is 0 Å². The Hall–Kier alpha value is -0.840. The predicted octanol–water partition coefficient (Wildman–Crippen LogP) is 4.05. The molecule has 0 aromatic carbocycles. The molecule has 1 fully saturated rings. The Morgan fingerprint density at radius 2 is 1.89 bits per heavy atom. The van der Waals surface area contributed by atoms with Crippen molar-refractivity contribution in [1.29, 1.82) is 0 Å². The number of rotatable bonds is 5. The molecule has 2 rings (SSSR count). The highest BCUT2D eigenvalue weighted by atomic mass is 79.9. The Balaban J connectivity index is 1.92. The summed E-state index contributed by atoms with van der Waals surface area (Å²) in [6, 6.07) is 0.545. The molecule has 0 bridgehead atoms. The minimum Gasteiger partial charge on any atom is -0.372 e. The molecule has 1 heterocycles. The van der Waals surface area contributed by atoms with Crippen molar-refractivity contribution in [3.63, 3.8) is 0 Å². The van der Waals surface area contributed by atoms with E-state index in [-0.39, 0.29) is 0 Å². The first-order valence-corrected chi connectivity index (χ1v) is 7.98. The number of hydrogen-bond acceptors (Lipinski definition) is 4. The van der Waals surface area contributed by atoms with Crippen LogP contribution in [0, 0.1) is 5.92 Å². The highest BCUT2D eigenvalue weighted by Crippen LogP contribution is 2.32. The largest absolute Gasteiger partial charge is 0.372 e. The molecule has 1 aromatic heterocycles. The summed E-state index contributed by atoms with van der Waals surface area (Å²) in [7, 11) is 1.87. The summed E-state index contributed by atoms with van der Waals surface area (Å²) in [6.45, 7) is 2.28. The topological polar surface area (TPSA) is 49.8 Å². The summed E-state index contributed by atoms with van der Waals surface area (Å²) >= 11 is 3.55. The third-order valence-electron chi connectivity index (χ3n) is 3.91. The third-order valence-corrected chi connectivity index (χ3v) is 4.66. The number of hydrogen-bond donors (Lipinski definition) is 2. The Morgan fingerprint density at radius 1 is 1.21 bits per heavy atom. The van der Waals surface area contributed by atoms with Gasteiger partial charge in [-0.1, -0.05) is 19.8 Å². The molecule has 4 nitrogen and oxygen atoms in total. The average molecular weight is 327 g/mol. The van der Waals surface area contributed by atoms with Gasteiger partial charge in [0.2, 0.25) is 0 Å². The summed E-state index contributed by atoms with van der Waals surface area (Å²) in [5, 5.41) is 6.61. The van der Waals surface area contributed by atoms with E-state index < -0.39 is 0 Å². The molecule has 0 atom stereocenters. The van der Waals surface area contributed by atoms with E-state index in [9.17, 15) is 0 Å². The van der Waals surface area contributed by atoms with Crippen molar-refractivity contribution in [1.82, 2.24) is 9.97 Å². The van der Waals surface area contributed by atoms with Crippen molar-refractivity contribution in [3.8, 4) is 0 Å². The number of halogens is 1. The summed E-state index contributed by atoms with van der Waals surface area (Å²) in [5.41, 5.74) is 0. The molecule has 0 saturated heterocycles. The molecule has 5 heteroatoms. The predicted molar refractivity (Wildman–Crippen MR) is 83.6 cm³/mol. The lowest BCUT2D eigenvalue weighted by atomic mass is 9.83. The first kappa shape index (κ1) is 14.6. The van der Waals surface area contributed by atoms with Gasteiger partial charge in [-0.15, -0.1) is 0 Å². The molecule has 1 aliphatic rings. The van der Waals surface area contributed by atoms with Crippen molar-refractivity contribution < 1.29 is 0 Å². The molecular formula is C14H23BrN4. The van der Waals surface area contributed by atoms with Gasteiger partial charge in [0.25, 0.3) is 0 Å². The van der Waals surface area contributed by atoms with E-state index in [2.05, 4.69) is 43.5 Å². The summed E-state index contributed by atoms with van der Waals surface area (Å²) in [4.78, 5) is 8.51. The first-order chi connectivity index (χ1) is 9.24. The molecule has 0 spiro atoms. The highest BCUT2D eigenvalue weighted by Gasteiger charge is 2.21. The molecule has 1 saturated carbocycles. The summed E-state index contributed by atoms with van der Waals surface area (Å²) in [6.07, 6.45) is 9.47. The summed E-state index contributed by atoms with van der Waals surface area (Å²) in [5.74, 6) is 2.67. The molecule has 106 valence electrons. The molecule has 0 aliphatic heterocycles. The number of nitrogens with zero attached hydrogens (tertiary/aromatic N) is 2. The van der Waals surface area contributed by atoms with Crippen molar-refractivity contribution in [2.45, 2.75) is 51.5 Å². The van der Waals surface area contributed by atoms with Gasteiger partial charge in [-0.25, -0.2) is 9.97 Å². The third kappa shape index (κ3) is 3.81. The molecule has 0 amide bonds. The second-order valence-corrected chi connectivity index (χ2v) is 6.08. The zero-order chi connectivity index (χ0) is 13.7. The lowest BCUT2D eigenvalue weighted by Crippen LogP contribution is -2.26. The molecule has 1 aromatic rings. The summed E-state index contributed by atoms with van der Waals surface area (Å²) < 4.78 is 0.924. The second-order valence-electron chi connectivity index (χ2n) is 5.29. The number of aromatic nitrogens is 2. The van der Waals surface area contributed by atoms with Crippen LogP contribution in [0.2, 0.25) is 0 Å². The van der Waals surface area contributed by atoms with Crippen LogP contribution < -0.4 is 10.6 Å². The fourth-order valence-electron chi connectivity index (χ4n) is 2.84. The van der Waals surface area contributed by atoms with Crippen LogP contribution in [0.3, 0.4) is 0 Å². The Bertz CT molecular complexity index is 402. The van der Waals surface area contributed by atoms with Gasteiger partial charge in [-0.3, -0.25) is 0 Å². The van der Waals surface area contributed by atoms with Crippen molar-refractivity contribution in [2.75, 3.05) is 17.7 Å². The van der Waals surface area contributed by atoms with Crippen LogP contribution in [-0.2, 0) is 0 Å². The maximum absolute atomic E-state index is 4.33. The normalized spacial score (nSPS) is 23.1. The van der Waals surface area contributed by atoms with Crippen LogP contribution >= 0.6 is 15.9 Å². The van der Waals surface area contributed by atoms with E-state index in [4.69, 9.17) is 0 Å². The average Bonchev–Trinajstić information content (AvgIpc) is 2.43. The van der Waals surface area contributed by atoms with Gasteiger partial charge < -0.3 is 10.6 Å². The van der Waals surface area contributed by atoms with Crippen molar-refractivity contribution >= 4 is 27.6 Å². The van der Waals surface area contributed by atoms with Crippen LogP contribution in [0.4, 0.5) is 11.6 Å². The highest BCUT2D eigenvalue weighted by molar-refractivity contribution is 9.10.